The van der Waals surface area contributed by atoms with Crippen LogP contribution in [-0.4, -0.2) is 29.2 Å². The molecule has 0 N–H and O–H groups in total. The molecule has 1 aromatic carbocycles. The van der Waals surface area contributed by atoms with Gasteiger partial charge in [0.2, 0.25) is 0 Å². The molecule has 0 radical (unpaired) electrons. The van der Waals surface area contributed by atoms with Crippen molar-refractivity contribution < 1.29 is 17.6 Å². The number of halogens is 4. The monoisotopic (exact) mass is 381 g/mol. The first kappa shape index (κ1) is 17.2. The fraction of sp³-hybridized carbons (Fsp3) is 0.333. The van der Waals surface area contributed by atoms with Gasteiger partial charge in [-0.2, -0.15) is 13.2 Å². The predicted octanol–water partition coefficient (Wildman–Crippen LogP) is 5.28. The van der Waals surface area contributed by atoms with Gasteiger partial charge in [0, 0.05) is 24.0 Å². The van der Waals surface area contributed by atoms with Gasteiger partial charge in [0.15, 0.2) is 0 Å². The van der Waals surface area contributed by atoms with Crippen LogP contribution in [0.2, 0.25) is 0 Å². The smallest absolute Gasteiger partial charge is 0.355 e. The molecule has 1 aliphatic heterocycles. The fourth-order valence-corrected chi connectivity index (χ4v) is 4.29. The molecular formula is C18H15F4N3S. The standard InChI is InChI=1S/C18H15F4N3S/c19-13-5-3-11(4-6-13)14-9-26-17-15(14)16(23-10-24-17)25-7-1-2-12(8-25)18(20,21)22/h3-6,9-10,12H,1-2,7-8H2. The zero-order chi connectivity index (χ0) is 18.3. The second-order valence-electron chi connectivity index (χ2n) is 6.36. The molecule has 136 valence electrons. The summed E-state index contributed by atoms with van der Waals surface area (Å²) in [7, 11) is 0. The van der Waals surface area contributed by atoms with E-state index in [4.69, 9.17) is 0 Å². The molecule has 1 atom stereocenters. The molecule has 4 rings (SSSR count). The lowest BCUT2D eigenvalue weighted by atomic mass is 9.97. The summed E-state index contributed by atoms with van der Waals surface area (Å²) >= 11 is 1.40. The number of benzene rings is 1. The Morgan fingerprint density at radius 3 is 2.62 bits per heavy atom. The van der Waals surface area contributed by atoms with E-state index in [1.807, 2.05) is 5.38 Å². The van der Waals surface area contributed by atoms with E-state index < -0.39 is 12.1 Å². The summed E-state index contributed by atoms with van der Waals surface area (Å²) in [6.07, 6.45) is -2.21. The molecule has 1 saturated heterocycles. The van der Waals surface area contributed by atoms with Gasteiger partial charge in [-0.05, 0) is 30.5 Å². The normalized spacial score (nSPS) is 18.5. The number of nitrogens with zero attached hydrogens (tertiary/aromatic N) is 3. The van der Waals surface area contributed by atoms with Crippen LogP contribution in [0.1, 0.15) is 12.8 Å². The highest BCUT2D eigenvalue weighted by molar-refractivity contribution is 7.17. The van der Waals surface area contributed by atoms with Crippen molar-refractivity contribution in [2.24, 2.45) is 5.92 Å². The molecular weight excluding hydrogens is 366 g/mol. The maximum atomic E-state index is 13.2. The Morgan fingerprint density at radius 1 is 1.12 bits per heavy atom. The third kappa shape index (κ3) is 3.13. The quantitative estimate of drug-likeness (QED) is 0.566. The zero-order valence-corrected chi connectivity index (χ0v) is 14.4. The number of alkyl halides is 3. The first-order chi connectivity index (χ1) is 12.4. The summed E-state index contributed by atoms with van der Waals surface area (Å²) in [6.45, 7) is 0.422. The molecule has 3 nitrogen and oxygen atoms in total. The number of thiophene rings is 1. The number of hydrogen-bond donors (Lipinski definition) is 0. The van der Waals surface area contributed by atoms with Crippen LogP contribution in [0.5, 0.6) is 0 Å². The second kappa shape index (κ2) is 6.50. The highest BCUT2D eigenvalue weighted by Crippen LogP contribution is 2.40. The predicted molar refractivity (Wildman–Crippen MR) is 93.8 cm³/mol. The first-order valence-corrected chi connectivity index (χ1v) is 9.11. The maximum absolute atomic E-state index is 13.2. The van der Waals surface area contributed by atoms with Crippen LogP contribution in [0.4, 0.5) is 23.4 Å². The van der Waals surface area contributed by atoms with Gasteiger partial charge in [0.25, 0.3) is 0 Å². The minimum atomic E-state index is -4.21. The Labute approximate surface area is 151 Å². The van der Waals surface area contributed by atoms with Crippen molar-refractivity contribution >= 4 is 27.4 Å². The van der Waals surface area contributed by atoms with Gasteiger partial charge in [-0.25, -0.2) is 14.4 Å². The van der Waals surface area contributed by atoms with E-state index in [0.29, 0.717) is 23.6 Å². The van der Waals surface area contributed by atoms with Crippen LogP contribution in [0.3, 0.4) is 0 Å². The molecule has 1 fully saturated rings. The number of fused-ring (bicyclic) bond motifs is 1. The lowest BCUT2D eigenvalue weighted by Gasteiger charge is -2.34. The molecule has 26 heavy (non-hydrogen) atoms. The van der Waals surface area contributed by atoms with Crippen molar-refractivity contribution in [1.29, 1.82) is 0 Å². The Kier molecular flexibility index (Phi) is 4.30. The Balaban J connectivity index is 1.78. The first-order valence-electron chi connectivity index (χ1n) is 8.23. The van der Waals surface area contributed by atoms with Crippen molar-refractivity contribution in [1.82, 2.24) is 9.97 Å². The summed E-state index contributed by atoms with van der Waals surface area (Å²) in [5, 5.41) is 2.62. The third-order valence-corrected chi connectivity index (χ3v) is 5.58. The van der Waals surface area contributed by atoms with Crippen LogP contribution < -0.4 is 4.90 Å². The summed E-state index contributed by atoms with van der Waals surface area (Å²) in [5.74, 6) is -1.17. The van der Waals surface area contributed by atoms with Crippen molar-refractivity contribution in [3.8, 4) is 11.1 Å². The van der Waals surface area contributed by atoms with Gasteiger partial charge in [-0.15, -0.1) is 11.3 Å². The molecule has 1 aliphatic rings. The average molecular weight is 381 g/mol. The number of aromatic nitrogens is 2. The lowest BCUT2D eigenvalue weighted by molar-refractivity contribution is -0.176. The molecule has 3 aromatic rings. The Hall–Kier alpha value is -2.22. The van der Waals surface area contributed by atoms with Gasteiger partial charge < -0.3 is 4.90 Å². The van der Waals surface area contributed by atoms with E-state index in [2.05, 4.69) is 9.97 Å². The summed E-state index contributed by atoms with van der Waals surface area (Å²) < 4.78 is 52.8. The highest BCUT2D eigenvalue weighted by Gasteiger charge is 2.42. The number of anilines is 1. The van der Waals surface area contributed by atoms with Gasteiger partial charge >= 0.3 is 6.18 Å². The third-order valence-electron chi connectivity index (χ3n) is 4.69. The molecule has 0 saturated carbocycles. The van der Waals surface area contributed by atoms with E-state index in [0.717, 1.165) is 16.5 Å². The molecule has 3 heterocycles. The molecule has 8 heteroatoms. The van der Waals surface area contributed by atoms with E-state index in [1.54, 1.807) is 17.0 Å². The molecule has 2 aromatic heterocycles. The Morgan fingerprint density at radius 2 is 1.88 bits per heavy atom. The largest absolute Gasteiger partial charge is 0.393 e. The second-order valence-corrected chi connectivity index (χ2v) is 7.22. The molecule has 0 bridgehead atoms. The van der Waals surface area contributed by atoms with E-state index >= 15 is 0 Å². The minimum absolute atomic E-state index is 0.103. The zero-order valence-electron chi connectivity index (χ0n) is 13.6. The molecule has 0 aliphatic carbocycles. The lowest BCUT2D eigenvalue weighted by Crippen LogP contribution is -2.42. The van der Waals surface area contributed by atoms with Crippen LogP contribution in [0, 0.1) is 11.7 Å². The number of piperidine rings is 1. The van der Waals surface area contributed by atoms with Crippen molar-refractivity contribution in [3.63, 3.8) is 0 Å². The van der Waals surface area contributed by atoms with Gasteiger partial charge in [0.1, 0.15) is 22.8 Å². The van der Waals surface area contributed by atoms with Crippen LogP contribution in [0.15, 0.2) is 36.0 Å². The van der Waals surface area contributed by atoms with Gasteiger partial charge in [0.05, 0.1) is 11.3 Å². The van der Waals surface area contributed by atoms with Gasteiger partial charge in [-0.3, -0.25) is 0 Å². The van der Waals surface area contributed by atoms with Crippen LogP contribution >= 0.6 is 11.3 Å². The van der Waals surface area contributed by atoms with Crippen LogP contribution in [0.25, 0.3) is 21.3 Å². The number of hydrogen-bond acceptors (Lipinski definition) is 4. The summed E-state index contributed by atoms with van der Waals surface area (Å²) in [5.41, 5.74) is 1.60. The van der Waals surface area contributed by atoms with E-state index in [1.165, 1.54) is 29.8 Å². The fourth-order valence-electron chi connectivity index (χ4n) is 3.38. The molecule has 0 spiro atoms. The van der Waals surface area contributed by atoms with Crippen molar-refractivity contribution in [3.05, 3.63) is 41.8 Å². The topological polar surface area (TPSA) is 29.0 Å². The van der Waals surface area contributed by atoms with Crippen LogP contribution in [-0.2, 0) is 0 Å². The summed E-state index contributed by atoms with van der Waals surface area (Å²) in [4.78, 5) is 11.0. The average Bonchev–Trinajstić information content (AvgIpc) is 3.06. The Bertz CT molecular complexity index is 920. The highest BCUT2D eigenvalue weighted by atomic mass is 32.1. The summed E-state index contributed by atoms with van der Waals surface area (Å²) in [6, 6.07) is 6.04. The van der Waals surface area contributed by atoms with E-state index in [-0.39, 0.29) is 18.8 Å². The molecule has 0 amide bonds. The molecule has 1 unspecified atom stereocenters. The van der Waals surface area contributed by atoms with Gasteiger partial charge in [-0.1, -0.05) is 12.1 Å². The number of rotatable bonds is 2. The maximum Gasteiger partial charge on any atom is 0.393 e. The SMILES string of the molecule is Fc1ccc(-c2csc3ncnc(N4CCCC(C(F)(F)F)C4)c23)cc1. The van der Waals surface area contributed by atoms with Crippen molar-refractivity contribution in [2.45, 2.75) is 19.0 Å². The van der Waals surface area contributed by atoms with E-state index in [9.17, 15) is 17.6 Å². The van der Waals surface area contributed by atoms with Crippen molar-refractivity contribution in [2.75, 3.05) is 18.0 Å². The minimum Gasteiger partial charge on any atom is -0.355 e.